The highest BCUT2D eigenvalue weighted by Gasteiger charge is 2.32. The van der Waals surface area contributed by atoms with E-state index in [1.807, 2.05) is 32.9 Å². The molecule has 0 saturated carbocycles. The molecule has 0 radical (unpaired) electrons. The van der Waals surface area contributed by atoms with Crippen molar-refractivity contribution in [1.82, 2.24) is 0 Å². The van der Waals surface area contributed by atoms with Crippen molar-refractivity contribution in [3.63, 3.8) is 0 Å². The van der Waals surface area contributed by atoms with E-state index < -0.39 is 5.41 Å². The normalized spacial score (nSPS) is 13.3. The summed E-state index contributed by atoms with van der Waals surface area (Å²) in [6.45, 7) is 6.20. The predicted octanol–water partition coefficient (Wildman–Crippen LogP) is 3.78. The van der Waals surface area contributed by atoms with E-state index in [2.05, 4.69) is 5.32 Å². The fourth-order valence-electron chi connectivity index (χ4n) is 2.97. The van der Waals surface area contributed by atoms with Crippen molar-refractivity contribution in [3.8, 4) is 5.75 Å². The van der Waals surface area contributed by atoms with Gasteiger partial charge in [-0.25, -0.2) is 4.39 Å². The minimum Gasteiger partial charge on any atom is -0.484 e. The lowest BCUT2D eigenvalue weighted by atomic mass is 9.94. The molecule has 5 nitrogen and oxygen atoms in total. The molecule has 0 atom stereocenters. The summed E-state index contributed by atoms with van der Waals surface area (Å²) in [6, 6.07) is 11.0. The van der Waals surface area contributed by atoms with Gasteiger partial charge in [0.15, 0.2) is 6.61 Å². The van der Waals surface area contributed by atoms with Gasteiger partial charge in [-0.15, -0.1) is 0 Å². The van der Waals surface area contributed by atoms with Crippen molar-refractivity contribution in [3.05, 3.63) is 53.8 Å². The number of hydrogen-bond acceptors (Lipinski definition) is 3. The number of benzene rings is 2. The van der Waals surface area contributed by atoms with Gasteiger partial charge in [0.05, 0.1) is 0 Å². The van der Waals surface area contributed by atoms with E-state index in [1.54, 1.807) is 11.0 Å². The first kappa shape index (κ1) is 18.9. The van der Waals surface area contributed by atoms with Gasteiger partial charge in [0.1, 0.15) is 11.6 Å². The largest absolute Gasteiger partial charge is 0.484 e. The third-order valence-corrected chi connectivity index (χ3v) is 4.33. The Morgan fingerprint density at radius 2 is 1.85 bits per heavy atom. The highest BCUT2D eigenvalue weighted by atomic mass is 19.1. The summed E-state index contributed by atoms with van der Waals surface area (Å²) in [4.78, 5) is 26.4. The van der Waals surface area contributed by atoms with E-state index in [-0.39, 0.29) is 24.2 Å². The quantitative estimate of drug-likeness (QED) is 0.891. The molecule has 1 aliphatic heterocycles. The SMILES string of the molecule is CC(C)(C)C(=O)N1CCc2cc(NC(=O)COc3ccc(F)cc3)ccc21. The number of halogens is 1. The van der Waals surface area contributed by atoms with Crippen molar-refractivity contribution >= 4 is 23.2 Å². The minimum absolute atomic E-state index is 0.0886. The molecule has 1 N–H and O–H groups in total. The van der Waals surface area contributed by atoms with Crippen LogP contribution in [0.3, 0.4) is 0 Å². The molecule has 2 aromatic rings. The van der Waals surface area contributed by atoms with Crippen molar-refractivity contribution < 1.29 is 18.7 Å². The van der Waals surface area contributed by atoms with Crippen LogP contribution in [0.2, 0.25) is 0 Å². The lowest BCUT2D eigenvalue weighted by Crippen LogP contribution is -2.38. The molecule has 3 rings (SSSR count). The summed E-state index contributed by atoms with van der Waals surface area (Å²) in [7, 11) is 0. The number of rotatable bonds is 4. The Labute approximate surface area is 158 Å². The molecule has 6 heteroatoms. The average Bonchev–Trinajstić information content (AvgIpc) is 3.02. The minimum atomic E-state index is -0.438. The van der Waals surface area contributed by atoms with E-state index in [9.17, 15) is 14.0 Å². The fourth-order valence-corrected chi connectivity index (χ4v) is 2.97. The number of ether oxygens (including phenoxy) is 1. The molecular weight excluding hydrogens is 347 g/mol. The van der Waals surface area contributed by atoms with Crippen molar-refractivity contribution in [2.24, 2.45) is 5.41 Å². The molecule has 0 aliphatic carbocycles. The van der Waals surface area contributed by atoms with Crippen LogP contribution in [0.1, 0.15) is 26.3 Å². The van der Waals surface area contributed by atoms with Crippen LogP contribution < -0.4 is 15.0 Å². The molecular formula is C21H23FN2O3. The van der Waals surface area contributed by atoms with Crippen LogP contribution in [-0.2, 0) is 16.0 Å². The van der Waals surface area contributed by atoms with Crippen LogP contribution in [0, 0.1) is 11.2 Å². The maximum atomic E-state index is 12.9. The van der Waals surface area contributed by atoms with Crippen LogP contribution >= 0.6 is 0 Å². The van der Waals surface area contributed by atoms with Crippen LogP contribution in [0.15, 0.2) is 42.5 Å². The van der Waals surface area contributed by atoms with E-state index in [4.69, 9.17) is 4.74 Å². The van der Waals surface area contributed by atoms with Gasteiger partial charge in [0, 0.05) is 23.3 Å². The van der Waals surface area contributed by atoms with Crippen LogP contribution in [0.25, 0.3) is 0 Å². The maximum Gasteiger partial charge on any atom is 0.262 e. The Morgan fingerprint density at radius 3 is 2.52 bits per heavy atom. The zero-order chi connectivity index (χ0) is 19.6. The molecule has 1 aliphatic rings. The highest BCUT2D eigenvalue weighted by molar-refractivity contribution is 5.99. The van der Waals surface area contributed by atoms with Gasteiger partial charge < -0.3 is 15.0 Å². The molecule has 2 aromatic carbocycles. The van der Waals surface area contributed by atoms with Gasteiger partial charge in [0.2, 0.25) is 5.91 Å². The van der Waals surface area contributed by atoms with Crippen molar-refractivity contribution in [1.29, 1.82) is 0 Å². The van der Waals surface area contributed by atoms with Gasteiger partial charge in [0.25, 0.3) is 5.91 Å². The fraction of sp³-hybridized carbons (Fsp3) is 0.333. The molecule has 142 valence electrons. The zero-order valence-electron chi connectivity index (χ0n) is 15.7. The molecule has 0 fully saturated rings. The molecule has 0 aromatic heterocycles. The Kier molecular flexibility index (Phi) is 5.17. The van der Waals surface area contributed by atoms with Crippen LogP contribution in [0.4, 0.5) is 15.8 Å². The summed E-state index contributed by atoms with van der Waals surface area (Å²) in [5, 5.41) is 2.79. The predicted molar refractivity (Wildman–Crippen MR) is 102 cm³/mol. The summed E-state index contributed by atoms with van der Waals surface area (Å²) >= 11 is 0. The van der Waals surface area contributed by atoms with E-state index in [0.29, 0.717) is 18.0 Å². The first-order chi connectivity index (χ1) is 12.7. The summed E-state index contributed by atoms with van der Waals surface area (Å²) in [5.41, 5.74) is 2.15. The van der Waals surface area contributed by atoms with Gasteiger partial charge >= 0.3 is 0 Å². The van der Waals surface area contributed by atoms with Gasteiger partial charge in [-0.1, -0.05) is 20.8 Å². The first-order valence-electron chi connectivity index (χ1n) is 8.87. The lowest BCUT2D eigenvalue weighted by Gasteiger charge is -2.26. The second-order valence-electron chi connectivity index (χ2n) is 7.59. The maximum absolute atomic E-state index is 12.9. The Bertz CT molecular complexity index is 857. The standard InChI is InChI=1S/C21H23FN2O3/c1-21(2,3)20(26)24-11-10-14-12-16(6-9-18(14)24)23-19(25)13-27-17-7-4-15(22)5-8-17/h4-9,12H,10-11,13H2,1-3H3,(H,23,25). The number of carbonyl (C=O) groups is 2. The van der Waals surface area contributed by atoms with Crippen LogP contribution in [-0.4, -0.2) is 25.0 Å². The van der Waals surface area contributed by atoms with Crippen LogP contribution in [0.5, 0.6) is 5.75 Å². The van der Waals surface area contributed by atoms with E-state index in [0.717, 1.165) is 17.7 Å². The topological polar surface area (TPSA) is 58.6 Å². The molecule has 0 spiro atoms. The lowest BCUT2D eigenvalue weighted by molar-refractivity contribution is -0.125. The first-order valence-corrected chi connectivity index (χ1v) is 8.87. The summed E-state index contributed by atoms with van der Waals surface area (Å²) < 4.78 is 18.2. The molecule has 0 saturated heterocycles. The third kappa shape index (κ3) is 4.45. The average molecular weight is 370 g/mol. The van der Waals surface area contributed by atoms with Gasteiger partial charge in [-0.05, 0) is 54.4 Å². The van der Waals surface area contributed by atoms with Crippen molar-refractivity contribution in [2.45, 2.75) is 27.2 Å². The highest BCUT2D eigenvalue weighted by Crippen LogP contribution is 2.33. The van der Waals surface area contributed by atoms with Crippen molar-refractivity contribution in [2.75, 3.05) is 23.4 Å². The Morgan fingerprint density at radius 1 is 1.15 bits per heavy atom. The number of nitrogens with zero attached hydrogens (tertiary/aromatic N) is 1. The number of fused-ring (bicyclic) bond motifs is 1. The summed E-state index contributed by atoms with van der Waals surface area (Å²) in [6.07, 6.45) is 0.757. The number of carbonyl (C=O) groups excluding carboxylic acids is 2. The number of nitrogens with one attached hydrogen (secondary N) is 1. The van der Waals surface area contributed by atoms with Gasteiger partial charge in [-0.3, -0.25) is 9.59 Å². The third-order valence-electron chi connectivity index (χ3n) is 4.33. The van der Waals surface area contributed by atoms with E-state index >= 15 is 0 Å². The van der Waals surface area contributed by atoms with E-state index in [1.165, 1.54) is 24.3 Å². The number of hydrogen-bond donors (Lipinski definition) is 1. The Balaban J connectivity index is 1.61. The Hall–Kier alpha value is -2.89. The number of anilines is 2. The smallest absolute Gasteiger partial charge is 0.262 e. The molecule has 2 amide bonds. The summed E-state index contributed by atoms with van der Waals surface area (Å²) in [5.74, 6) is -0.147. The monoisotopic (exact) mass is 370 g/mol. The molecule has 27 heavy (non-hydrogen) atoms. The molecule has 1 heterocycles. The second kappa shape index (κ2) is 7.39. The molecule has 0 bridgehead atoms. The second-order valence-corrected chi connectivity index (χ2v) is 7.59. The van der Waals surface area contributed by atoms with Gasteiger partial charge in [-0.2, -0.15) is 0 Å². The molecule has 0 unspecified atom stereocenters. The zero-order valence-corrected chi connectivity index (χ0v) is 15.7. The number of amides is 2.